The summed E-state index contributed by atoms with van der Waals surface area (Å²) < 4.78 is -3.23. The molecular formula is C15H21Cl6NO3. The van der Waals surface area contributed by atoms with Crippen LogP contribution in [0.1, 0.15) is 40.5 Å². The van der Waals surface area contributed by atoms with Crippen molar-refractivity contribution >= 4 is 81.4 Å². The molecule has 0 aliphatic carbocycles. The SMILES string of the molecule is C[C@H](C[C@@H]1[C@H](O)C(C)(C)C(=O)N1C(=O)C[C@H](C)C(Cl)(Cl)Cl)C(Cl)(Cl)Cl. The lowest BCUT2D eigenvalue weighted by Gasteiger charge is -2.31. The van der Waals surface area contributed by atoms with Crippen molar-refractivity contribution in [2.24, 2.45) is 17.3 Å². The molecule has 0 aromatic heterocycles. The van der Waals surface area contributed by atoms with E-state index in [0.717, 1.165) is 4.90 Å². The highest BCUT2D eigenvalue weighted by atomic mass is 35.6. The number of carbonyl (C=O) groups excluding carboxylic acids is 2. The molecule has 1 heterocycles. The Morgan fingerprint density at radius 3 is 1.96 bits per heavy atom. The van der Waals surface area contributed by atoms with Gasteiger partial charge in [-0.2, -0.15) is 0 Å². The van der Waals surface area contributed by atoms with Crippen LogP contribution in [0.2, 0.25) is 0 Å². The Balaban J connectivity index is 3.10. The number of imide groups is 1. The highest BCUT2D eigenvalue weighted by molar-refractivity contribution is 6.68. The Hall–Kier alpha value is 0.840. The minimum atomic E-state index is -1.65. The number of aliphatic hydroxyl groups excluding tert-OH is 1. The molecule has 1 N–H and O–H groups in total. The van der Waals surface area contributed by atoms with Gasteiger partial charge in [-0.15, -0.1) is 0 Å². The molecule has 0 saturated carbocycles. The lowest BCUT2D eigenvalue weighted by atomic mass is 9.84. The van der Waals surface area contributed by atoms with Crippen molar-refractivity contribution in [2.75, 3.05) is 0 Å². The van der Waals surface area contributed by atoms with Crippen LogP contribution in [0.15, 0.2) is 0 Å². The van der Waals surface area contributed by atoms with Crippen molar-refractivity contribution in [3.05, 3.63) is 0 Å². The molecule has 0 spiro atoms. The number of halogens is 6. The summed E-state index contributed by atoms with van der Waals surface area (Å²) in [6.07, 6.45) is -1.12. The predicted molar refractivity (Wildman–Crippen MR) is 104 cm³/mol. The fraction of sp³-hybridized carbons (Fsp3) is 0.867. The minimum absolute atomic E-state index is 0.140. The Morgan fingerprint density at radius 2 is 1.56 bits per heavy atom. The Labute approximate surface area is 178 Å². The number of rotatable bonds is 4. The van der Waals surface area contributed by atoms with Crippen LogP contribution in [0, 0.1) is 17.3 Å². The number of likely N-dealkylation sites (tertiary alicyclic amines) is 1. The summed E-state index contributed by atoms with van der Waals surface area (Å²) in [4.78, 5) is 26.4. The smallest absolute Gasteiger partial charge is 0.237 e. The highest BCUT2D eigenvalue weighted by Gasteiger charge is 2.56. The number of alkyl halides is 6. The molecule has 146 valence electrons. The molecule has 0 radical (unpaired) electrons. The summed E-state index contributed by atoms with van der Waals surface area (Å²) in [5, 5.41) is 10.6. The fourth-order valence-electron chi connectivity index (χ4n) is 2.71. The molecular weight excluding hydrogens is 455 g/mol. The number of hydrogen-bond acceptors (Lipinski definition) is 3. The monoisotopic (exact) mass is 473 g/mol. The van der Waals surface area contributed by atoms with Crippen LogP contribution >= 0.6 is 69.6 Å². The van der Waals surface area contributed by atoms with Crippen molar-refractivity contribution in [1.29, 1.82) is 0 Å². The summed E-state index contributed by atoms with van der Waals surface area (Å²) in [6.45, 7) is 6.39. The zero-order valence-corrected chi connectivity index (χ0v) is 18.7. The van der Waals surface area contributed by atoms with Gasteiger partial charge in [0, 0.05) is 18.3 Å². The molecule has 1 aliphatic rings. The molecule has 25 heavy (non-hydrogen) atoms. The molecule has 4 atom stereocenters. The average molecular weight is 476 g/mol. The second-order valence-corrected chi connectivity index (χ2v) is 11.9. The number of nitrogens with zero attached hydrogens (tertiary/aromatic N) is 1. The van der Waals surface area contributed by atoms with Gasteiger partial charge in [-0.3, -0.25) is 14.5 Å². The van der Waals surface area contributed by atoms with Gasteiger partial charge < -0.3 is 5.11 Å². The lowest BCUT2D eigenvalue weighted by molar-refractivity contribution is -0.147. The molecule has 0 aromatic rings. The molecule has 1 rings (SSSR count). The average Bonchev–Trinajstić information content (AvgIpc) is 2.58. The molecule has 0 unspecified atom stereocenters. The third-order valence-electron chi connectivity index (χ3n) is 4.67. The van der Waals surface area contributed by atoms with Gasteiger partial charge in [0.2, 0.25) is 11.8 Å². The zero-order valence-electron chi connectivity index (χ0n) is 14.2. The van der Waals surface area contributed by atoms with Gasteiger partial charge in [-0.1, -0.05) is 83.5 Å². The molecule has 0 aromatic carbocycles. The van der Waals surface area contributed by atoms with E-state index in [4.69, 9.17) is 69.6 Å². The summed E-state index contributed by atoms with van der Waals surface area (Å²) in [6, 6.07) is -0.816. The maximum absolute atomic E-state index is 12.7. The number of carbonyl (C=O) groups is 2. The van der Waals surface area contributed by atoms with Crippen LogP contribution in [0.25, 0.3) is 0 Å². The van der Waals surface area contributed by atoms with Gasteiger partial charge in [0.15, 0.2) is 7.59 Å². The van der Waals surface area contributed by atoms with Crippen LogP contribution < -0.4 is 0 Å². The van der Waals surface area contributed by atoms with E-state index in [9.17, 15) is 14.7 Å². The van der Waals surface area contributed by atoms with E-state index in [1.54, 1.807) is 27.7 Å². The molecule has 1 saturated heterocycles. The van der Waals surface area contributed by atoms with E-state index in [-0.39, 0.29) is 12.8 Å². The maximum Gasteiger partial charge on any atom is 0.237 e. The van der Waals surface area contributed by atoms with Crippen molar-refractivity contribution in [1.82, 2.24) is 4.90 Å². The Morgan fingerprint density at radius 1 is 1.12 bits per heavy atom. The normalized spacial score (nSPS) is 26.7. The van der Waals surface area contributed by atoms with Crippen molar-refractivity contribution in [3.8, 4) is 0 Å². The van der Waals surface area contributed by atoms with Crippen LogP contribution in [0.4, 0.5) is 0 Å². The van der Waals surface area contributed by atoms with E-state index in [1.165, 1.54) is 0 Å². The summed E-state index contributed by atoms with van der Waals surface area (Å²) in [5.41, 5.74) is -1.14. The quantitative estimate of drug-likeness (QED) is 0.588. The molecule has 2 amide bonds. The summed E-state index contributed by atoms with van der Waals surface area (Å²) >= 11 is 35.1. The minimum Gasteiger partial charge on any atom is -0.390 e. The van der Waals surface area contributed by atoms with Crippen molar-refractivity contribution < 1.29 is 14.7 Å². The second-order valence-electron chi connectivity index (χ2n) is 7.13. The third-order valence-corrected chi connectivity index (χ3v) is 6.90. The third kappa shape index (κ3) is 5.43. The van der Waals surface area contributed by atoms with Crippen LogP contribution in [0.5, 0.6) is 0 Å². The number of aliphatic hydroxyl groups is 1. The van der Waals surface area contributed by atoms with E-state index in [1.807, 2.05) is 0 Å². The van der Waals surface area contributed by atoms with Crippen molar-refractivity contribution in [2.45, 2.75) is 60.3 Å². The second kappa shape index (κ2) is 8.06. The lowest BCUT2D eigenvalue weighted by Crippen LogP contribution is -2.44. The van der Waals surface area contributed by atoms with E-state index in [0.29, 0.717) is 0 Å². The van der Waals surface area contributed by atoms with Gasteiger partial charge >= 0.3 is 0 Å². The first-order valence-corrected chi connectivity index (χ1v) is 9.96. The first kappa shape index (κ1) is 23.9. The zero-order chi connectivity index (χ0) is 20.0. The largest absolute Gasteiger partial charge is 0.390 e. The van der Waals surface area contributed by atoms with Crippen LogP contribution in [0.3, 0.4) is 0 Å². The van der Waals surface area contributed by atoms with Gasteiger partial charge in [0.1, 0.15) is 0 Å². The fourth-order valence-corrected chi connectivity index (χ4v) is 3.21. The molecule has 4 nitrogen and oxygen atoms in total. The topological polar surface area (TPSA) is 57.6 Å². The van der Waals surface area contributed by atoms with Gasteiger partial charge in [-0.05, 0) is 20.3 Å². The van der Waals surface area contributed by atoms with Crippen LogP contribution in [-0.4, -0.2) is 41.6 Å². The Kier molecular flexibility index (Phi) is 7.70. The molecule has 0 bridgehead atoms. The van der Waals surface area contributed by atoms with E-state index in [2.05, 4.69) is 0 Å². The predicted octanol–water partition coefficient (Wildman–Crippen LogP) is 4.90. The highest BCUT2D eigenvalue weighted by Crippen LogP contribution is 2.44. The maximum atomic E-state index is 12.7. The van der Waals surface area contributed by atoms with Gasteiger partial charge in [-0.25, -0.2) is 0 Å². The first-order chi connectivity index (χ1) is 11.0. The molecule has 10 heteroatoms. The van der Waals surface area contributed by atoms with Gasteiger partial charge in [0.25, 0.3) is 0 Å². The summed E-state index contributed by atoms with van der Waals surface area (Å²) in [7, 11) is 0. The number of amides is 2. The summed E-state index contributed by atoms with van der Waals surface area (Å²) in [5.74, 6) is -2.15. The van der Waals surface area contributed by atoms with Crippen LogP contribution in [-0.2, 0) is 9.59 Å². The standard InChI is InChI=1S/C15H21Cl6NO3/c1-7(14(16,17)18)5-9-11(24)13(3,4)12(25)22(9)10(23)6-8(2)15(19,20)21/h7-9,11,24H,5-6H2,1-4H3/t7-,8+,9-,11+/m1/s1. The van der Waals surface area contributed by atoms with E-state index < -0.39 is 48.8 Å². The molecule has 1 fully saturated rings. The van der Waals surface area contributed by atoms with Gasteiger partial charge in [0.05, 0.1) is 17.6 Å². The van der Waals surface area contributed by atoms with Crippen molar-refractivity contribution in [3.63, 3.8) is 0 Å². The Bertz CT molecular complexity index is 528. The first-order valence-electron chi connectivity index (χ1n) is 7.69. The molecule has 1 aliphatic heterocycles. The van der Waals surface area contributed by atoms with E-state index >= 15 is 0 Å². The number of hydrogen-bond donors (Lipinski definition) is 1.